The molecule has 36 heavy (non-hydrogen) atoms. The number of anilines is 2. The van der Waals surface area contributed by atoms with Gasteiger partial charge in [0.25, 0.3) is 5.91 Å². The third-order valence-electron chi connectivity index (χ3n) is 6.47. The lowest BCUT2D eigenvalue weighted by molar-refractivity contribution is 0.0380. The van der Waals surface area contributed by atoms with Gasteiger partial charge in [0.2, 0.25) is 0 Å². The summed E-state index contributed by atoms with van der Waals surface area (Å²) in [6.45, 7) is 7.87. The summed E-state index contributed by atoms with van der Waals surface area (Å²) in [4.78, 5) is 32.5. The number of carbonyl (C=O) groups is 2. The maximum Gasteiger partial charge on any atom is 0.342 e. The molecule has 0 radical (unpaired) electrons. The molecule has 186 valence electrons. The van der Waals surface area contributed by atoms with Crippen molar-refractivity contribution >= 4 is 55.5 Å². The summed E-state index contributed by atoms with van der Waals surface area (Å²) in [5.41, 5.74) is 12.3. The maximum absolute atomic E-state index is 13.4. The van der Waals surface area contributed by atoms with Gasteiger partial charge in [-0.15, -0.1) is 22.7 Å². The molecule has 3 N–H and O–H groups in total. The number of hydrogen-bond donors (Lipinski definition) is 2. The van der Waals surface area contributed by atoms with Crippen molar-refractivity contribution in [3.8, 4) is 11.1 Å². The van der Waals surface area contributed by atoms with E-state index in [2.05, 4.69) is 18.3 Å². The second-order valence-electron chi connectivity index (χ2n) is 9.77. The van der Waals surface area contributed by atoms with Crippen LogP contribution in [0, 0.1) is 12.8 Å². The van der Waals surface area contributed by atoms with E-state index in [0.29, 0.717) is 27.0 Å². The molecule has 1 aliphatic carbocycles. The molecule has 1 aliphatic rings. The van der Waals surface area contributed by atoms with Crippen molar-refractivity contribution in [1.82, 2.24) is 4.98 Å². The zero-order valence-corrected chi connectivity index (χ0v) is 22.4. The van der Waals surface area contributed by atoms with Crippen LogP contribution in [-0.2, 0) is 17.6 Å². The third kappa shape index (κ3) is 4.63. The zero-order valence-electron chi connectivity index (χ0n) is 20.8. The summed E-state index contributed by atoms with van der Waals surface area (Å²) in [5.74, 6) is -0.201. The van der Waals surface area contributed by atoms with E-state index in [9.17, 15) is 9.59 Å². The van der Waals surface area contributed by atoms with Gasteiger partial charge < -0.3 is 15.8 Å². The van der Waals surface area contributed by atoms with E-state index in [4.69, 9.17) is 15.5 Å². The van der Waals surface area contributed by atoms with Crippen LogP contribution >= 0.6 is 22.7 Å². The SMILES string of the molecule is Cc1ccc(-c2csc(NC(=O)c3sc4nc5c(cc4c3N)CC(C)CC5)c2C(=O)OC(C)C)cc1. The van der Waals surface area contributed by atoms with Crippen LogP contribution in [0.25, 0.3) is 21.3 Å². The van der Waals surface area contributed by atoms with Gasteiger partial charge in [0.05, 0.1) is 11.8 Å². The van der Waals surface area contributed by atoms with Gasteiger partial charge in [-0.1, -0.05) is 36.8 Å². The van der Waals surface area contributed by atoms with Crippen LogP contribution in [-0.4, -0.2) is 23.0 Å². The molecule has 1 amide bonds. The number of amides is 1. The minimum atomic E-state index is -0.468. The van der Waals surface area contributed by atoms with Crippen LogP contribution in [0.15, 0.2) is 35.7 Å². The van der Waals surface area contributed by atoms with E-state index in [1.54, 1.807) is 13.8 Å². The van der Waals surface area contributed by atoms with E-state index in [1.807, 2.05) is 36.6 Å². The average molecular weight is 520 g/mol. The fourth-order valence-corrected chi connectivity index (χ4v) is 6.52. The smallest absolute Gasteiger partial charge is 0.342 e. The van der Waals surface area contributed by atoms with Crippen molar-refractivity contribution in [1.29, 1.82) is 0 Å². The Morgan fingerprint density at radius 1 is 1.22 bits per heavy atom. The van der Waals surface area contributed by atoms with Crippen LogP contribution in [0.2, 0.25) is 0 Å². The second kappa shape index (κ2) is 9.67. The van der Waals surface area contributed by atoms with Crippen molar-refractivity contribution in [2.75, 3.05) is 11.1 Å². The van der Waals surface area contributed by atoms with Gasteiger partial charge in [-0.2, -0.15) is 0 Å². The van der Waals surface area contributed by atoms with Gasteiger partial charge in [-0.3, -0.25) is 4.79 Å². The molecular formula is C28H29N3O3S2. The molecular weight excluding hydrogens is 490 g/mol. The molecule has 0 aliphatic heterocycles. The van der Waals surface area contributed by atoms with Gasteiger partial charge in [-0.25, -0.2) is 9.78 Å². The first kappa shape index (κ1) is 24.5. The molecule has 0 spiro atoms. The van der Waals surface area contributed by atoms with E-state index in [0.717, 1.165) is 51.9 Å². The predicted molar refractivity (Wildman–Crippen MR) is 148 cm³/mol. The summed E-state index contributed by atoms with van der Waals surface area (Å²) in [5, 5.41) is 6.09. The van der Waals surface area contributed by atoms with Crippen LogP contribution in [0.1, 0.15) is 64.0 Å². The normalized spacial score (nSPS) is 15.2. The Hall–Kier alpha value is -3.23. The first-order valence-corrected chi connectivity index (χ1v) is 13.8. The first-order chi connectivity index (χ1) is 17.2. The summed E-state index contributed by atoms with van der Waals surface area (Å²) < 4.78 is 5.53. The number of ether oxygens (including phenoxy) is 1. The second-order valence-corrected chi connectivity index (χ2v) is 11.6. The molecule has 4 aromatic rings. The van der Waals surface area contributed by atoms with Crippen LogP contribution in [0.5, 0.6) is 0 Å². The lowest BCUT2D eigenvalue weighted by Crippen LogP contribution is -2.16. The number of nitrogens with two attached hydrogens (primary N) is 1. The highest BCUT2D eigenvalue weighted by Crippen LogP contribution is 2.39. The minimum Gasteiger partial charge on any atom is -0.459 e. The molecule has 6 nitrogen and oxygen atoms in total. The van der Waals surface area contributed by atoms with Crippen LogP contribution in [0.4, 0.5) is 10.7 Å². The van der Waals surface area contributed by atoms with E-state index in [1.165, 1.54) is 28.2 Å². The zero-order chi connectivity index (χ0) is 25.6. The Bertz CT molecular complexity index is 1470. The number of rotatable bonds is 5. The number of nitrogen functional groups attached to an aromatic ring is 1. The molecule has 1 aromatic carbocycles. The number of pyridine rings is 1. The lowest BCUT2D eigenvalue weighted by Gasteiger charge is -2.20. The summed E-state index contributed by atoms with van der Waals surface area (Å²) >= 11 is 2.60. The number of hydrogen-bond acceptors (Lipinski definition) is 7. The number of aryl methyl sites for hydroxylation is 2. The summed E-state index contributed by atoms with van der Waals surface area (Å²) in [7, 11) is 0. The topological polar surface area (TPSA) is 94.3 Å². The Kier molecular flexibility index (Phi) is 6.57. The number of thiophene rings is 2. The molecule has 0 saturated heterocycles. The first-order valence-electron chi connectivity index (χ1n) is 12.1. The number of nitrogens with one attached hydrogen (secondary N) is 1. The molecule has 3 heterocycles. The number of esters is 1. The number of carbonyl (C=O) groups excluding carboxylic acids is 2. The fraction of sp³-hybridized carbons (Fsp3) is 0.321. The molecule has 0 fully saturated rings. The van der Waals surface area contributed by atoms with E-state index >= 15 is 0 Å². The number of fused-ring (bicyclic) bond motifs is 2. The number of benzene rings is 1. The molecule has 0 saturated carbocycles. The quantitative estimate of drug-likeness (QED) is 0.281. The van der Waals surface area contributed by atoms with Crippen molar-refractivity contribution in [3.63, 3.8) is 0 Å². The maximum atomic E-state index is 13.4. The minimum absolute atomic E-state index is 0.287. The Morgan fingerprint density at radius 3 is 2.69 bits per heavy atom. The molecule has 1 atom stereocenters. The predicted octanol–water partition coefficient (Wildman–Crippen LogP) is 6.86. The van der Waals surface area contributed by atoms with E-state index in [-0.39, 0.29) is 12.0 Å². The fourth-order valence-electron chi connectivity index (χ4n) is 4.57. The van der Waals surface area contributed by atoms with Gasteiger partial charge in [0, 0.05) is 22.0 Å². The van der Waals surface area contributed by atoms with Gasteiger partial charge in [0.1, 0.15) is 20.3 Å². The largest absolute Gasteiger partial charge is 0.459 e. The Balaban J connectivity index is 1.50. The highest BCUT2D eigenvalue weighted by atomic mass is 32.1. The highest BCUT2D eigenvalue weighted by molar-refractivity contribution is 7.21. The Morgan fingerprint density at radius 2 is 1.97 bits per heavy atom. The van der Waals surface area contributed by atoms with Gasteiger partial charge in [-0.05, 0) is 63.1 Å². The Labute approximate surface area is 218 Å². The molecule has 8 heteroatoms. The van der Waals surface area contributed by atoms with Gasteiger partial charge >= 0.3 is 5.97 Å². The average Bonchev–Trinajstić information content (AvgIpc) is 3.39. The monoisotopic (exact) mass is 519 g/mol. The van der Waals surface area contributed by atoms with Crippen LogP contribution < -0.4 is 11.1 Å². The molecule has 5 rings (SSSR count). The summed E-state index contributed by atoms with van der Waals surface area (Å²) in [6.07, 6.45) is 2.76. The molecule has 0 bridgehead atoms. The lowest BCUT2D eigenvalue weighted by atomic mass is 9.87. The standard InChI is InChI=1S/C28H29N3O3S2/c1-14(2)34-28(33)22-20(17-8-5-15(3)6-9-17)13-35-27(22)31-25(32)24-23(29)19-12-18-11-16(4)7-10-21(18)30-26(19)36-24/h5-6,8-9,12-14,16H,7,10-11,29H2,1-4H3,(H,31,32). The third-order valence-corrected chi connectivity index (χ3v) is 8.48. The summed E-state index contributed by atoms with van der Waals surface area (Å²) in [6, 6.07) is 10.0. The van der Waals surface area contributed by atoms with Crippen molar-refractivity contribution in [3.05, 3.63) is 63.0 Å². The van der Waals surface area contributed by atoms with Crippen molar-refractivity contribution in [2.24, 2.45) is 5.92 Å². The molecule has 1 unspecified atom stereocenters. The van der Waals surface area contributed by atoms with Crippen molar-refractivity contribution < 1.29 is 14.3 Å². The molecule has 3 aromatic heterocycles. The van der Waals surface area contributed by atoms with E-state index < -0.39 is 5.97 Å². The van der Waals surface area contributed by atoms with Crippen molar-refractivity contribution in [2.45, 2.75) is 53.1 Å². The number of nitrogens with zero attached hydrogens (tertiary/aromatic N) is 1. The number of aromatic nitrogens is 1. The highest BCUT2D eigenvalue weighted by Gasteiger charge is 2.27. The van der Waals surface area contributed by atoms with Crippen LogP contribution in [0.3, 0.4) is 0 Å². The van der Waals surface area contributed by atoms with Gasteiger partial charge in [0.15, 0.2) is 0 Å².